The van der Waals surface area contributed by atoms with Crippen LogP contribution in [-0.4, -0.2) is 16.4 Å². The van der Waals surface area contributed by atoms with E-state index >= 15 is 0 Å². The molecule has 1 amide bonds. The second-order valence-electron chi connectivity index (χ2n) is 6.68. The van der Waals surface area contributed by atoms with Crippen LogP contribution in [0, 0.1) is 0 Å². The van der Waals surface area contributed by atoms with Gasteiger partial charge in [-0.15, -0.1) is 0 Å². The number of hydrogen-bond acceptors (Lipinski definition) is 4. The Hall–Kier alpha value is -1.88. The number of nitrogens with two attached hydrogens (primary N) is 1. The molecule has 0 saturated heterocycles. The molecule has 3 N–H and O–H groups in total. The number of aromatic nitrogens is 1. The maximum absolute atomic E-state index is 12.5. The molecular weight excluding hydrogens is 278 g/mol. The number of benzene rings is 1. The first-order chi connectivity index (χ1) is 10.6. The molecule has 22 heavy (non-hydrogen) atoms. The molecule has 0 spiro atoms. The first kappa shape index (κ1) is 13.8. The SMILES string of the molecule is NC1(C(=O)Nc2ccc3oc(C4CC4)nc3c2)CCCCC1. The van der Waals surface area contributed by atoms with Crippen molar-refractivity contribution in [3.8, 4) is 0 Å². The summed E-state index contributed by atoms with van der Waals surface area (Å²) in [7, 11) is 0. The Morgan fingerprint density at radius 1 is 1.27 bits per heavy atom. The van der Waals surface area contributed by atoms with Crippen molar-refractivity contribution in [2.45, 2.75) is 56.4 Å². The second kappa shape index (κ2) is 5.09. The zero-order valence-corrected chi connectivity index (χ0v) is 12.6. The molecule has 2 aliphatic carbocycles. The van der Waals surface area contributed by atoms with E-state index in [2.05, 4.69) is 10.3 Å². The zero-order chi connectivity index (χ0) is 15.2. The van der Waals surface area contributed by atoms with Crippen LogP contribution in [0.3, 0.4) is 0 Å². The molecule has 0 aliphatic heterocycles. The molecule has 0 unspecified atom stereocenters. The number of hydrogen-bond donors (Lipinski definition) is 2. The van der Waals surface area contributed by atoms with Crippen molar-refractivity contribution in [3.05, 3.63) is 24.1 Å². The molecule has 4 rings (SSSR count). The molecule has 0 bridgehead atoms. The van der Waals surface area contributed by atoms with E-state index in [0.717, 1.165) is 61.2 Å². The number of rotatable bonds is 3. The topological polar surface area (TPSA) is 81.2 Å². The molecule has 2 saturated carbocycles. The summed E-state index contributed by atoms with van der Waals surface area (Å²) in [6, 6.07) is 5.59. The minimum Gasteiger partial charge on any atom is -0.440 e. The van der Waals surface area contributed by atoms with Crippen LogP contribution in [0.1, 0.15) is 56.8 Å². The highest BCUT2D eigenvalue weighted by Crippen LogP contribution is 2.40. The lowest BCUT2D eigenvalue weighted by atomic mass is 9.82. The van der Waals surface area contributed by atoms with E-state index < -0.39 is 5.54 Å². The van der Waals surface area contributed by atoms with Gasteiger partial charge in [0.05, 0.1) is 5.54 Å². The van der Waals surface area contributed by atoms with Crippen LogP contribution in [-0.2, 0) is 4.79 Å². The van der Waals surface area contributed by atoms with Gasteiger partial charge in [-0.1, -0.05) is 19.3 Å². The third-order valence-corrected chi connectivity index (χ3v) is 4.79. The molecule has 116 valence electrons. The summed E-state index contributed by atoms with van der Waals surface area (Å²) in [4.78, 5) is 17.0. The maximum atomic E-state index is 12.5. The lowest BCUT2D eigenvalue weighted by molar-refractivity contribution is -0.122. The average molecular weight is 299 g/mol. The number of fused-ring (bicyclic) bond motifs is 1. The van der Waals surface area contributed by atoms with Crippen molar-refractivity contribution in [1.82, 2.24) is 4.98 Å². The number of carbonyl (C=O) groups excluding carboxylic acids is 1. The predicted molar refractivity (Wildman–Crippen MR) is 84.6 cm³/mol. The highest BCUT2D eigenvalue weighted by molar-refractivity contribution is 5.99. The standard InChI is InChI=1S/C17H21N3O2/c18-17(8-2-1-3-9-17)16(21)19-12-6-7-14-13(10-12)20-15(22-14)11-4-5-11/h6-7,10-11H,1-5,8-9,18H2,(H,19,21). The van der Waals surface area contributed by atoms with Crippen LogP contribution in [0.5, 0.6) is 0 Å². The number of anilines is 1. The van der Waals surface area contributed by atoms with Gasteiger partial charge in [0.1, 0.15) is 5.52 Å². The van der Waals surface area contributed by atoms with Gasteiger partial charge in [0.2, 0.25) is 5.91 Å². The van der Waals surface area contributed by atoms with Crippen LogP contribution >= 0.6 is 0 Å². The van der Waals surface area contributed by atoms with Gasteiger partial charge in [-0.2, -0.15) is 0 Å². The van der Waals surface area contributed by atoms with E-state index in [9.17, 15) is 4.79 Å². The van der Waals surface area contributed by atoms with Crippen LogP contribution in [0.2, 0.25) is 0 Å². The van der Waals surface area contributed by atoms with Crippen molar-refractivity contribution >= 4 is 22.7 Å². The number of nitrogens with zero attached hydrogens (tertiary/aromatic N) is 1. The summed E-state index contributed by atoms with van der Waals surface area (Å²) < 4.78 is 5.74. The fourth-order valence-electron chi connectivity index (χ4n) is 3.19. The molecule has 5 heteroatoms. The van der Waals surface area contributed by atoms with E-state index in [4.69, 9.17) is 10.2 Å². The number of nitrogens with one attached hydrogen (secondary N) is 1. The average Bonchev–Trinajstić information content (AvgIpc) is 3.28. The van der Waals surface area contributed by atoms with E-state index in [1.54, 1.807) is 0 Å². The lowest BCUT2D eigenvalue weighted by Crippen LogP contribution is -2.52. The van der Waals surface area contributed by atoms with Gasteiger partial charge in [-0.3, -0.25) is 4.79 Å². The van der Waals surface area contributed by atoms with E-state index in [-0.39, 0.29) is 5.91 Å². The summed E-state index contributed by atoms with van der Waals surface area (Å²) in [6.45, 7) is 0. The number of amides is 1. The lowest BCUT2D eigenvalue weighted by Gasteiger charge is -2.31. The molecule has 0 radical (unpaired) electrons. The fourth-order valence-corrected chi connectivity index (χ4v) is 3.19. The zero-order valence-electron chi connectivity index (χ0n) is 12.6. The summed E-state index contributed by atoms with van der Waals surface area (Å²) in [5.41, 5.74) is 7.86. The van der Waals surface area contributed by atoms with Crippen molar-refractivity contribution < 1.29 is 9.21 Å². The number of oxazole rings is 1. The van der Waals surface area contributed by atoms with Gasteiger partial charge in [0.25, 0.3) is 0 Å². The normalized spacial score (nSPS) is 21.0. The van der Waals surface area contributed by atoms with Gasteiger partial charge in [0, 0.05) is 11.6 Å². The Kier molecular flexibility index (Phi) is 3.18. The van der Waals surface area contributed by atoms with Gasteiger partial charge >= 0.3 is 0 Å². The smallest absolute Gasteiger partial charge is 0.244 e. The Morgan fingerprint density at radius 3 is 2.77 bits per heavy atom. The van der Waals surface area contributed by atoms with E-state index in [1.807, 2.05) is 18.2 Å². The molecule has 2 fully saturated rings. The van der Waals surface area contributed by atoms with E-state index in [1.165, 1.54) is 6.42 Å². The summed E-state index contributed by atoms with van der Waals surface area (Å²) in [6.07, 6.45) is 7.06. The second-order valence-corrected chi connectivity index (χ2v) is 6.68. The monoisotopic (exact) mass is 299 g/mol. The predicted octanol–water partition coefficient (Wildman–Crippen LogP) is 3.31. The van der Waals surface area contributed by atoms with Crippen LogP contribution in [0.4, 0.5) is 5.69 Å². The van der Waals surface area contributed by atoms with E-state index in [0.29, 0.717) is 5.92 Å². The van der Waals surface area contributed by atoms with Crippen LogP contribution in [0.15, 0.2) is 22.6 Å². The maximum Gasteiger partial charge on any atom is 0.244 e. The van der Waals surface area contributed by atoms with Crippen molar-refractivity contribution in [2.75, 3.05) is 5.32 Å². The molecular formula is C17H21N3O2. The third-order valence-electron chi connectivity index (χ3n) is 4.79. The minimum atomic E-state index is -0.726. The van der Waals surface area contributed by atoms with Gasteiger partial charge < -0.3 is 15.5 Å². The molecule has 0 atom stereocenters. The van der Waals surface area contributed by atoms with Crippen molar-refractivity contribution in [2.24, 2.45) is 5.73 Å². The quantitative estimate of drug-likeness (QED) is 0.911. The first-order valence-electron chi connectivity index (χ1n) is 8.15. The Morgan fingerprint density at radius 2 is 2.05 bits per heavy atom. The molecule has 5 nitrogen and oxygen atoms in total. The Balaban J connectivity index is 1.54. The van der Waals surface area contributed by atoms with Crippen molar-refractivity contribution in [1.29, 1.82) is 0 Å². The van der Waals surface area contributed by atoms with Crippen LogP contribution in [0.25, 0.3) is 11.1 Å². The van der Waals surface area contributed by atoms with Gasteiger partial charge in [0.15, 0.2) is 11.5 Å². The van der Waals surface area contributed by atoms with Crippen molar-refractivity contribution in [3.63, 3.8) is 0 Å². The Bertz CT molecular complexity index is 712. The fraction of sp³-hybridized carbons (Fsp3) is 0.529. The van der Waals surface area contributed by atoms with Crippen LogP contribution < -0.4 is 11.1 Å². The highest BCUT2D eigenvalue weighted by atomic mass is 16.3. The molecule has 1 heterocycles. The van der Waals surface area contributed by atoms with Gasteiger partial charge in [-0.05, 0) is 43.9 Å². The number of carbonyl (C=O) groups is 1. The Labute approximate surface area is 129 Å². The molecule has 1 aromatic heterocycles. The summed E-state index contributed by atoms with van der Waals surface area (Å²) in [5, 5.41) is 2.95. The largest absolute Gasteiger partial charge is 0.440 e. The minimum absolute atomic E-state index is 0.0857. The molecule has 2 aliphatic rings. The van der Waals surface area contributed by atoms with Gasteiger partial charge in [-0.25, -0.2) is 4.98 Å². The summed E-state index contributed by atoms with van der Waals surface area (Å²) >= 11 is 0. The third kappa shape index (κ3) is 2.50. The highest BCUT2D eigenvalue weighted by Gasteiger charge is 2.35. The molecule has 2 aromatic rings. The first-order valence-corrected chi connectivity index (χ1v) is 8.15. The molecule has 1 aromatic carbocycles. The summed E-state index contributed by atoms with van der Waals surface area (Å²) in [5.74, 6) is 1.22.